The van der Waals surface area contributed by atoms with Gasteiger partial charge in [-0.1, -0.05) is 0 Å². The van der Waals surface area contributed by atoms with E-state index in [1.54, 1.807) is 80.5 Å². The zero-order valence-corrected chi connectivity index (χ0v) is 33.8. The topological polar surface area (TPSA) is 163 Å². The first kappa shape index (κ1) is 42.4. The minimum atomic E-state index is -1.35. The van der Waals surface area contributed by atoms with Crippen molar-refractivity contribution in [2.45, 2.75) is 50.6 Å². The molecule has 0 aliphatic carbocycles. The van der Waals surface area contributed by atoms with E-state index < -0.39 is 21.6 Å². The van der Waals surface area contributed by atoms with Crippen molar-refractivity contribution >= 4 is 45.0 Å². The van der Waals surface area contributed by atoms with Crippen LogP contribution in [0.2, 0.25) is 0 Å². The van der Waals surface area contributed by atoms with E-state index in [1.807, 2.05) is 16.1 Å². The molecular weight excluding hydrogens is 775 g/mol. The van der Waals surface area contributed by atoms with Crippen LogP contribution in [-0.4, -0.2) is 75.5 Å². The van der Waals surface area contributed by atoms with E-state index in [-0.39, 0.29) is 23.4 Å². The number of halogens is 2. The second-order valence-corrected chi connectivity index (χ2v) is 15.1. The summed E-state index contributed by atoms with van der Waals surface area (Å²) in [5, 5.41) is 6.18. The average molecular weight is 817 g/mol. The first-order valence-electron chi connectivity index (χ1n) is 17.7. The number of amides is 2. The van der Waals surface area contributed by atoms with Gasteiger partial charge >= 0.3 is 0 Å². The lowest BCUT2D eigenvalue weighted by Gasteiger charge is -2.13. The van der Waals surface area contributed by atoms with Gasteiger partial charge < -0.3 is 24.5 Å². The SMILES string of the molecule is CCn1c(S(C)=O)nc(-c2ccc(F)cc2)c1-c1ccnc(NC(C)=O)c1.COCCCn1c(S(C)=O)nc(-c2ccc(F)cc2)c1-c1ccnc(NC(C)=O)c1. The molecule has 2 atom stereocenters. The lowest BCUT2D eigenvalue weighted by atomic mass is 10.1. The van der Waals surface area contributed by atoms with E-state index in [2.05, 4.69) is 30.6 Å². The highest BCUT2D eigenvalue weighted by atomic mass is 32.2. The molecule has 0 saturated carbocycles. The number of hydrogen-bond donors (Lipinski definition) is 2. The number of carbonyl (C=O) groups is 2. The van der Waals surface area contributed by atoms with Gasteiger partial charge in [-0.3, -0.25) is 18.0 Å². The maximum absolute atomic E-state index is 13.5. The van der Waals surface area contributed by atoms with E-state index >= 15 is 0 Å². The van der Waals surface area contributed by atoms with Crippen molar-refractivity contribution in [1.82, 2.24) is 29.1 Å². The number of imidazole rings is 2. The van der Waals surface area contributed by atoms with Crippen LogP contribution < -0.4 is 10.6 Å². The largest absolute Gasteiger partial charge is 0.385 e. The van der Waals surface area contributed by atoms with Gasteiger partial charge in [0.25, 0.3) is 0 Å². The van der Waals surface area contributed by atoms with E-state index in [4.69, 9.17) is 4.74 Å². The van der Waals surface area contributed by atoms with E-state index in [0.717, 1.165) is 22.5 Å². The maximum atomic E-state index is 13.5. The molecule has 2 unspecified atom stereocenters. The van der Waals surface area contributed by atoms with Crippen LogP contribution in [0.4, 0.5) is 20.4 Å². The van der Waals surface area contributed by atoms with E-state index in [9.17, 15) is 26.8 Å². The third-order valence-electron chi connectivity index (χ3n) is 8.34. The van der Waals surface area contributed by atoms with Gasteiger partial charge in [0.05, 0.1) is 44.4 Å². The fourth-order valence-corrected chi connectivity index (χ4v) is 7.49. The van der Waals surface area contributed by atoms with Crippen LogP contribution in [0.15, 0.2) is 95.5 Å². The summed E-state index contributed by atoms with van der Waals surface area (Å²) in [6.45, 7) is 6.37. The van der Waals surface area contributed by atoms with Crippen molar-refractivity contribution in [3.8, 4) is 45.0 Å². The van der Waals surface area contributed by atoms with Crippen molar-refractivity contribution in [2.24, 2.45) is 0 Å². The number of anilines is 2. The summed E-state index contributed by atoms with van der Waals surface area (Å²) in [7, 11) is -1.03. The predicted octanol–water partition coefficient (Wildman–Crippen LogP) is 6.95. The molecule has 298 valence electrons. The molecule has 2 amide bonds. The molecular formula is C40H42F2N8O5S2. The van der Waals surface area contributed by atoms with E-state index in [0.29, 0.717) is 70.6 Å². The lowest BCUT2D eigenvalue weighted by Crippen LogP contribution is -2.10. The summed E-state index contributed by atoms with van der Waals surface area (Å²) in [6.07, 6.45) is 7.01. The van der Waals surface area contributed by atoms with Crippen LogP contribution in [0.5, 0.6) is 0 Å². The molecule has 13 nitrogen and oxygen atoms in total. The van der Waals surface area contributed by atoms with E-state index in [1.165, 1.54) is 38.1 Å². The van der Waals surface area contributed by atoms with Gasteiger partial charge in [-0.05, 0) is 86.1 Å². The van der Waals surface area contributed by atoms with Crippen molar-refractivity contribution in [3.05, 3.63) is 96.8 Å². The van der Waals surface area contributed by atoms with Gasteiger partial charge in [0.2, 0.25) is 11.8 Å². The number of carbonyl (C=O) groups excluding carboxylic acids is 2. The highest BCUT2D eigenvalue weighted by Gasteiger charge is 2.24. The highest BCUT2D eigenvalue weighted by Crippen LogP contribution is 2.36. The summed E-state index contributed by atoms with van der Waals surface area (Å²) in [5.74, 6) is -0.343. The van der Waals surface area contributed by atoms with Crippen LogP contribution >= 0.6 is 0 Å². The summed E-state index contributed by atoms with van der Waals surface area (Å²) >= 11 is 0. The van der Waals surface area contributed by atoms with Crippen molar-refractivity contribution in [2.75, 3.05) is 36.9 Å². The molecule has 0 spiro atoms. The molecule has 0 radical (unpaired) electrons. The number of hydrogen-bond acceptors (Lipinski definition) is 9. The Hall–Kier alpha value is -5.78. The number of pyridine rings is 2. The molecule has 17 heteroatoms. The summed E-state index contributed by atoms with van der Waals surface area (Å²) in [5.41, 5.74) is 5.55. The minimum Gasteiger partial charge on any atom is -0.385 e. The molecule has 0 aliphatic heterocycles. The Labute approximate surface area is 333 Å². The number of benzene rings is 2. The number of methoxy groups -OCH3 is 1. The summed E-state index contributed by atoms with van der Waals surface area (Å²) in [6, 6.07) is 19.1. The molecule has 6 rings (SSSR count). The second-order valence-electron chi connectivity index (χ2n) is 12.6. The van der Waals surface area contributed by atoms with Crippen molar-refractivity contribution in [1.29, 1.82) is 0 Å². The van der Waals surface area contributed by atoms with Crippen LogP contribution in [-0.2, 0) is 49.0 Å². The predicted molar refractivity (Wildman–Crippen MR) is 217 cm³/mol. The zero-order chi connectivity index (χ0) is 41.2. The molecule has 4 heterocycles. The first-order valence-corrected chi connectivity index (χ1v) is 20.8. The molecule has 0 saturated heterocycles. The Morgan fingerprint density at radius 3 is 1.49 bits per heavy atom. The quantitative estimate of drug-likeness (QED) is 0.118. The summed E-state index contributed by atoms with van der Waals surface area (Å²) < 4.78 is 60.4. The highest BCUT2D eigenvalue weighted by molar-refractivity contribution is 7.84. The number of aromatic nitrogens is 6. The van der Waals surface area contributed by atoms with Gasteiger partial charge in [-0.15, -0.1) is 0 Å². The molecule has 0 aliphatic rings. The number of rotatable bonds is 13. The smallest absolute Gasteiger partial charge is 0.222 e. The Morgan fingerprint density at radius 2 is 1.11 bits per heavy atom. The Bertz CT molecular complexity index is 2420. The lowest BCUT2D eigenvalue weighted by molar-refractivity contribution is -0.115. The molecule has 2 aromatic carbocycles. The van der Waals surface area contributed by atoms with Gasteiger partial charge in [0.1, 0.15) is 23.3 Å². The normalized spacial score (nSPS) is 12.0. The van der Waals surface area contributed by atoms with Crippen LogP contribution in [0.3, 0.4) is 0 Å². The Balaban J connectivity index is 0.000000219. The molecule has 0 bridgehead atoms. The molecule has 2 N–H and O–H groups in total. The average Bonchev–Trinajstić information content (AvgIpc) is 3.75. The molecule has 0 fully saturated rings. The first-order chi connectivity index (χ1) is 27.3. The van der Waals surface area contributed by atoms with Crippen molar-refractivity contribution in [3.63, 3.8) is 0 Å². The fraction of sp³-hybridized carbons (Fsp3) is 0.250. The van der Waals surface area contributed by atoms with Crippen LogP contribution in [0, 0.1) is 11.6 Å². The van der Waals surface area contributed by atoms with Crippen molar-refractivity contribution < 1.29 is 31.5 Å². The molecule has 6 aromatic rings. The van der Waals surface area contributed by atoms with Gasteiger partial charge in [0, 0.05) is 87.8 Å². The second kappa shape index (κ2) is 19.4. The fourth-order valence-electron chi connectivity index (χ4n) is 6.03. The number of nitrogens with one attached hydrogen (secondary N) is 2. The number of nitrogens with zero attached hydrogens (tertiary/aromatic N) is 6. The number of ether oxygens (including phenoxy) is 1. The maximum Gasteiger partial charge on any atom is 0.222 e. The van der Waals surface area contributed by atoms with Gasteiger partial charge in [-0.25, -0.2) is 28.7 Å². The van der Waals surface area contributed by atoms with Crippen LogP contribution in [0.1, 0.15) is 27.2 Å². The molecule has 4 aromatic heterocycles. The van der Waals surface area contributed by atoms with Gasteiger partial charge in [0.15, 0.2) is 10.3 Å². The third-order valence-corrected chi connectivity index (χ3v) is 9.99. The Kier molecular flexibility index (Phi) is 14.4. The Morgan fingerprint density at radius 1 is 0.684 bits per heavy atom. The summed E-state index contributed by atoms with van der Waals surface area (Å²) in [4.78, 5) is 40.4. The standard InChI is InChI=1S/C21H23FN4O3S.C19H19FN4O2S/c1-14(27)24-18-13-16(9-10-23-18)20-19(15-5-7-17(22)8-6-15)25-21(30(3)28)26(20)11-4-12-29-2;1-4-24-18(14-9-10-21-16(11-14)22-12(2)25)17(23-19(24)27(3)26)13-5-7-15(20)8-6-13/h5-10,13H,4,11-12H2,1-3H3,(H,23,24,27);5-11H,4H2,1-3H3,(H,21,22,25). The minimum absolute atomic E-state index is 0.224. The molecule has 57 heavy (non-hydrogen) atoms. The monoisotopic (exact) mass is 816 g/mol. The third kappa shape index (κ3) is 10.5. The van der Waals surface area contributed by atoms with Gasteiger partial charge in [-0.2, -0.15) is 0 Å². The zero-order valence-electron chi connectivity index (χ0n) is 32.2. The van der Waals surface area contributed by atoms with Crippen LogP contribution in [0.25, 0.3) is 45.0 Å².